The smallest absolute Gasteiger partial charge is 0.219 e. The third-order valence-corrected chi connectivity index (χ3v) is 5.97. The summed E-state index contributed by atoms with van der Waals surface area (Å²) in [6.07, 6.45) is 18.2. The van der Waals surface area contributed by atoms with Crippen LogP contribution in [0.25, 0.3) is 0 Å². The lowest BCUT2D eigenvalue weighted by molar-refractivity contribution is -0.122. The van der Waals surface area contributed by atoms with Gasteiger partial charge in [-0.2, -0.15) is 0 Å². The molecular formula is C21H39O5P. The minimum atomic E-state index is -2.49. The maximum Gasteiger partial charge on any atom is 0.219 e. The van der Waals surface area contributed by atoms with Crippen molar-refractivity contribution in [2.75, 3.05) is 6.61 Å². The van der Waals surface area contributed by atoms with Crippen molar-refractivity contribution < 1.29 is 24.7 Å². The van der Waals surface area contributed by atoms with Crippen LogP contribution in [0.5, 0.6) is 0 Å². The Labute approximate surface area is 166 Å². The molecule has 6 heteroatoms. The predicted molar refractivity (Wildman–Crippen MR) is 112 cm³/mol. The maximum atomic E-state index is 11.7. The molecular weight excluding hydrogens is 363 g/mol. The fraction of sp³-hybridized carbons (Fsp3) is 0.810. The summed E-state index contributed by atoms with van der Waals surface area (Å²) < 4.78 is 0. The number of aliphatic hydroxyl groups is 2. The molecule has 0 saturated carbocycles. The van der Waals surface area contributed by atoms with E-state index < -0.39 is 31.9 Å². The van der Waals surface area contributed by atoms with E-state index in [1.54, 1.807) is 0 Å². The highest BCUT2D eigenvalue weighted by atomic mass is 31.1. The minimum Gasteiger partial charge on any atom is -0.393 e. The average molecular weight is 403 g/mol. The first-order chi connectivity index (χ1) is 13.0. The highest BCUT2D eigenvalue weighted by Crippen LogP contribution is 2.35. The van der Waals surface area contributed by atoms with Gasteiger partial charge in [0.05, 0.1) is 6.61 Å². The first-order valence-electron chi connectivity index (χ1n) is 10.5. The average Bonchev–Trinajstić information content (AvgIpc) is 2.68. The van der Waals surface area contributed by atoms with E-state index in [9.17, 15) is 14.5 Å². The lowest BCUT2D eigenvalue weighted by atomic mass is 10.1. The topological polar surface area (TPSA) is 94.8 Å². The zero-order valence-electron chi connectivity index (χ0n) is 16.9. The van der Waals surface area contributed by atoms with Gasteiger partial charge in [-0.15, -0.1) is 0 Å². The molecule has 0 aromatic rings. The van der Waals surface area contributed by atoms with Gasteiger partial charge < -0.3 is 15.1 Å². The van der Waals surface area contributed by atoms with Gasteiger partial charge >= 0.3 is 0 Å². The molecule has 0 aliphatic heterocycles. The molecule has 5 nitrogen and oxygen atoms in total. The van der Waals surface area contributed by atoms with Gasteiger partial charge in [0.2, 0.25) is 5.52 Å². The second-order valence-electron chi connectivity index (χ2n) is 7.08. The molecule has 0 fully saturated rings. The molecule has 0 spiro atoms. The van der Waals surface area contributed by atoms with Crippen molar-refractivity contribution in [1.29, 1.82) is 0 Å². The van der Waals surface area contributed by atoms with Crippen molar-refractivity contribution in [1.82, 2.24) is 0 Å². The summed E-state index contributed by atoms with van der Waals surface area (Å²) in [4.78, 5) is 32.7. The van der Waals surface area contributed by atoms with Crippen LogP contribution in [0.2, 0.25) is 0 Å². The number of allylic oxidation sites excluding steroid dienone is 2. The summed E-state index contributed by atoms with van der Waals surface area (Å²) in [7, 11) is -2.49. The Morgan fingerprint density at radius 3 is 1.85 bits per heavy atom. The summed E-state index contributed by atoms with van der Waals surface area (Å²) in [5, 5.41) is 17.8. The van der Waals surface area contributed by atoms with E-state index in [2.05, 4.69) is 19.1 Å². The van der Waals surface area contributed by atoms with E-state index in [-0.39, 0.29) is 6.42 Å². The minimum absolute atomic E-state index is 0.157. The molecule has 0 aliphatic rings. The molecule has 2 unspecified atom stereocenters. The van der Waals surface area contributed by atoms with Crippen LogP contribution in [-0.4, -0.2) is 38.9 Å². The molecule has 0 radical (unpaired) electrons. The van der Waals surface area contributed by atoms with Gasteiger partial charge in [0.15, 0.2) is 13.7 Å². The van der Waals surface area contributed by atoms with Crippen LogP contribution < -0.4 is 0 Å². The summed E-state index contributed by atoms with van der Waals surface area (Å²) in [5.74, 6) is 0. The second-order valence-corrected chi connectivity index (χ2v) is 8.64. The Bertz CT molecular complexity index is 411. The Kier molecular flexibility index (Phi) is 18.3. The molecule has 0 amide bonds. The van der Waals surface area contributed by atoms with Crippen LogP contribution >= 0.6 is 8.15 Å². The van der Waals surface area contributed by atoms with Crippen LogP contribution in [0.4, 0.5) is 0 Å². The third-order valence-electron chi connectivity index (χ3n) is 4.56. The van der Waals surface area contributed by atoms with E-state index in [4.69, 9.17) is 10.2 Å². The maximum absolute atomic E-state index is 11.7. The molecule has 3 N–H and O–H groups in total. The van der Waals surface area contributed by atoms with Gasteiger partial charge in [-0.1, -0.05) is 70.4 Å². The number of carbonyl (C=O) groups is 2. The number of carbonyl (C=O) groups excluding carboxylic acids is 2. The summed E-state index contributed by atoms with van der Waals surface area (Å²) in [6, 6.07) is 0. The Morgan fingerprint density at radius 2 is 1.33 bits per heavy atom. The Hall–Kier alpha value is -0.610. The SMILES string of the molecule is CCCCCCCC/C=C\CCCCCCCC(=O)P(O)C(=O)C(O)CO. The third kappa shape index (κ3) is 15.0. The van der Waals surface area contributed by atoms with Gasteiger partial charge in [-0.05, 0) is 32.1 Å². The van der Waals surface area contributed by atoms with E-state index in [1.807, 2.05) is 0 Å². The molecule has 0 saturated heterocycles. The van der Waals surface area contributed by atoms with Gasteiger partial charge in [0.1, 0.15) is 6.10 Å². The highest BCUT2D eigenvalue weighted by Gasteiger charge is 2.28. The van der Waals surface area contributed by atoms with Crippen LogP contribution in [0.1, 0.15) is 96.8 Å². The van der Waals surface area contributed by atoms with E-state index >= 15 is 0 Å². The molecule has 0 rings (SSSR count). The van der Waals surface area contributed by atoms with Crippen molar-refractivity contribution in [2.24, 2.45) is 0 Å². The number of hydrogen-bond donors (Lipinski definition) is 3. The van der Waals surface area contributed by atoms with Crippen LogP contribution in [0.15, 0.2) is 12.2 Å². The number of aliphatic hydroxyl groups excluding tert-OH is 2. The molecule has 0 heterocycles. The van der Waals surface area contributed by atoms with Crippen LogP contribution in [0, 0.1) is 0 Å². The lowest BCUT2D eigenvalue weighted by Gasteiger charge is -2.11. The van der Waals surface area contributed by atoms with Gasteiger partial charge in [0.25, 0.3) is 0 Å². The predicted octanol–water partition coefficient (Wildman–Crippen LogP) is 4.82. The molecule has 0 bridgehead atoms. The number of unbranched alkanes of at least 4 members (excludes halogenated alkanes) is 11. The first-order valence-corrected chi connectivity index (χ1v) is 11.8. The molecule has 0 aliphatic carbocycles. The fourth-order valence-electron chi connectivity index (χ4n) is 2.80. The zero-order chi connectivity index (χ0) is 20.3. The summed E-state index contributed by atoms with van der Waals surface area (Å²) in [6.45, 7) is 1.47. The first kappa shape index (κ1) is 26.4. The van der Waals surface area contributed by atoms with Crippen LogP contribution in [-0.2, 0) is 9.59 Å². The number of rotatable bonds is 19. The van der Waals surface area contributed by atoms with Gasteiger partial charge in [-0.25, -0.2) is 0 Å². The standard InChI is InChI=1S/C21H39O5P/c1-2-3-4-5-6-7-8-9-10-11-12-13-14-15-16-17-20(24)27(26)21(25)19(23)18-22/h9-10,19,22-23,26H,2-8,11-18H2,1H3/b10-9-. The molecule has 0 aromatic heterocycles. The monoisotopic (exact) mass is 402 g/mol. The van der Waals surface area contributed by atoms with Crippen LogP contribution in [0.3, 0.4) is 0 Å². The summed E-state index contributed by atoms with van der Waals surface area (Å²) in [5.41, 5.74) is -1.47. The van der Waals surface area contributed by atoms with E-state index in [1.165, 1.54) is 44.9 Å². The largest absolute Gasteiger partial charge is 0.393 e. The van der Waals surface area contributed by atoms with Crippen molar-refractivity contribution in [2.45, 2.75) is 103 Å². The Balaban J connectivity index is 3.48. The quantitative estimate of drug-likeness (QED) is 0.164. The molecule has 27 heavy (non-hydrogen) atoms. The zero-order valence-corrected chi connectivity index (χ0v) is 17.8. The highest BCUT2D eigenvalue weighted by molar-refractivity contribution is 7.84. The van der Waals surface area contributed by atoms with Gasteiger partial charge in [0, 0.05) is 6.42 Å². The van der Waals surface area contributed by atoms with Gasteiger partial charge in [-0.3, -0.25) is 9.59 Å². The van der Waals surface area contributed by atoms with Crippen molar-refractivity contribution in [3.8, 4) is 0 Å². The van der Waals surface area contributed by atoms with E-state index in [0.717, 1.165) is 32.1 Å². The van der Waals surface area contributed by atoms with Crippen molar-refractivity contribution in [3.63, 3.8) is 0 Å². The number of hydrogen-bond acceptors (Lipinski definition) is 5. The normalized spacial score (nSPS) is 13.8. The van der Waals surface area contributed by atoms with E-state index in [0.29, 0.717) is 6.42 Å². The fourth-order valence-corrected chi connectivity index (χ4v) is 3.77. The Morgan fingerprint density at radius 1 is 0.852 bits per heavy atom. The lowest BCUT2D eigenvalue weighted by Crippen LogP contribution is -2.24. The molecule has 2 atom stereocenters. The van der Waals surface area contributed by atoms with Crippen molar-refractivity contribution in [3.05, 3.63) is 12.2 Å². The second kappa shape index (κ2) is 18.7. The molecule has 0 aromatic carbocycles. The molecule has 158 valence electrons. The van der Waals surface area contributed by atoms with Crippen molar-refractivity contribution >= 4 is 19.2 Å². The summed E-state index contributed by atoms with van der Waals surface area (Å²) >= 11 is 0.